The Labute approximate surface area is 172 Å². The third-order valence-electron chi connectivity index (χ3n) is 4.42. The number of methoxy groups -OCH3 is 1. The summed E-state index contributed by atoms with van der Waals surface area (Å²) in [5.41, 5.74) is 2.11. The van der Waals surface area contributed by atoms with Crippen LogP contribution in [0.4, 0.5) is 17.1 Å². The molecule has 0 fully saturated rings. The lowest BCUT2D eigenvalue weighted by molar-refractivity contribution is -0.385. The molecule has 0 bridgehead atoms. The van der Waals surface area contributed by atoms with Crippen LogP contribution in [0.3, 0.4) is 0 Å². The normalized spacial score (nSPS) is 10.2. The number of nitrogens with one attached hydrogen (secondary N) is 2. The quantitative estimate of drug-likeness (QED) is 0.466. The lowest BCUT2D eigenvalue weighted by Gasteiger charge is -2.10. The number of carbonyl (C=O) groups excluding carboxylic acids is 2. The zero-order chi connectivity index (χ0) is 21.7. The van der Waals surface area contributed by atoms with Crippen LogP contribution in [0.25, 0.3) is 0 Å². The first-order valence-corrected chi connectivity index (χ1v) is 9.00. The summed E-state index contributed by atoms with van der Waals surface area (Å²) < 4.78 is 5.22. The number of carbonyl (C=O) groups is 2. The predicted molar refractivity (Wildman–Crippen MR) is 113 cm³/mol. The van der Waals surface area contributed by atoms with Crippen molar-refractivity contribution in [3.63, 3.8) is 0 Å². The number of rotatable bonds is 6. The third kappa shape index (κ3) is 4.61. The summed E-state index contributed by atoms with van der Waals surface area (Å²) in [6.07, 6.45) is 0. The van der Waals surface area contributed by atoms with Crippen LogP contribution in [-0.2, 0) is 0 Å². The van der Waals surface area contributed by atoms with Crippen molar-refractivity contribution in [1.29, 1.82) is 0 Å². The molecule has 3 aromatic carbocycles. The predicted octanol–water partition coefficient (Wildman–Crippen LogP) is 4.42. The molecule has 152 valence electrons. The van der Waals surface area contributed by atoms with Crippen molar-refractivity contribution < 1.29 is 19.2 Å². The van der Waals surface area contributed by atoms with Gasteiger partial charge >= 0.3 is 0 Å². The molecule has 0 spiro atoms. The summed E-state index contributed by atoms with van der Waals surface area (Å²) >= 11 is 0. The van der Waals surface area contributed by atoms with Crippen molar-refractivity contribution in [2.24, 2.45) is 0 Å². The minimum Gasteiger partial charge on any atom is -0.495 e. The lowest BCUT2D eigenvalue weighted by atomic mass is 10.1. The van der Waals surface area contributed by atoms with Gasteiger partial charge in [0, 0.05) is 28.4 Å². The first kappa shape index (κ1) is 20.5. The highest BCUT2D eigenvalue weighted by atomic mass is 16.6. The van der Waals surface area contributed by atoms with Gasteiger partial charge in [0.25, 0.3) is 17.5 Å². The summed E-state index contributed by atoms with van der Waals surface area (Å²) in [7, 11) is 1.52. The van der Waals surface area contributed by atoms with Gasteiger partial charge in [0.2, 0.25) is 0 Å². The van der Waals surface area contributed by atoms with Gasteiger partial charge in [-0.15, -0.1) is 0 Å². The van der Waals surface area contributed by atoms with Gasteiger partial charge in [-0.25, -0.2) is 0 Å². The van der Waals surface area contributed by atoms with Crippen LogP contribution >= 0.6 is 0 Å². The van der Waals surface area contributed by atoms with Crippen molar-refractivity contribution in [2.45, 2.75) is 6.92 Å². The molecular formula is C22H19N3O5. The number of amides is 2. The van der Waals surface area contributed by atoms with E-state index < -0.39 is 10.8 Å². The number of nitrogens with zero attached hydrogens (tertiary/aromatic N) is 1. The van der Waals surface area contributed by atoms with Gasteiger partial charge in [0.05, 0.1) is 17.7 Å². The Morgan fingerprint density at radius 2 is 1.53 bits per heavy atom. The molecule has 3 aromatic rings. The number of anilines is 2. The molecule has 0 heterocycles. The van der Waals surface area contributed by atoms with E-state index >= 15 is 0 Å². The highest BCUT2D eigenvalue weighted by Gasteiger charge is 2.14. The van der Waals surface area contributed by atoms with Gasteiger partial charge in [-0.1, -0.05) is 12.1 Å². The Morgan fingerprint density at radius 3 is 2.17 bits per heavy atom. The second-order valence-corrected chi connectivity index (χ2v) is 6.44. The van der Waals surface area contributed by atoms with E-state index in [-0.39, 0.29) is 11.6 Å². The van der Waals surface area contributed by atoms with Crippen LogP contribution in [0.1, 0.15) is 26.3 Å². The Balaban J connectivity index is 1.68. The van der Waals surface area contributed by atoms with Gasteiger partial charge in [0.1, 0.15) is 5.75 Å². The maximum absolute atomic E-state index is 12.5. The van der Waals surface area contributed by atoms with Crippen LogP contribution in [0.15, 0.2) is 66.7 Å². The molecule has 3 rings (SSSR count). The Morgan fingerprint density at radius 1 is 0.900 bits per heavy atom. The summed E-state index contributed by atoms with van der Waals surface area (Å²) in [5, 5.41) is 16.4. The molecule has 0 atom stereocenters. The van der Waals surface area contributed by atoms with Crippen molar-refractivity contribution in [3.05, 3.63) is 93.5 Å². The van der Waals surface area contributed by atoms with Gasteiger partial charge in [0.15, 0.2) is 0 Å². The SMILES string of the molecule is COc1ccccc1NC(=O)c1ccc(NC(=O)c2ccc([N+](=O)[O-])c(C)c2)cc1. The average molecular weight is 405 g/mol. The number of benzene rings is 3. The first-order chi connectivity index (χ1) is 14.4. The fourth-order valence-corrected chi connectivity index (χ4v) is 2.85. The van der Waals surface area contributed by atoms with E-state index in [1.165, 1.54) is 25.3 Å². The Bertz CT molecular complexity index is 1110. The first-order valence-electron chi connectivity index (χ1n) is 9.00. The van der Waals surface area contributed by atoms with Crippen LogP contribution in [-0.4, -0.2) is 23.8 Å². The minimum atomic E-state index is -0.494. The molecule has 0 saturated heterocycles. The van der Waals surface area contributed by atoms with Crippen molar-refractivity contribution >= 4 is 28.9 Å². The summed E-state index contributed by atoms with van der Waals surface area (Å²) in [6.45, 7) is 1.57. The van der Waals surface area contributed by atoms with Crippen molar-refractivity contribution in [3.8, 4) is 5.75 Å². The van der Waals surface area contributed by atoms with E-state index in [0.717, 1.165) is 0 Å². The third-order valence-corrected chi connectivity index (χ3v) is 4.42. The van der Waals surface area contributed by atoms with E-state index in [1.54, 1.807) is 55.5 Å². The zero-order valence-corrected chi connectivity index (χ0v) is 16.3. The van der Waals surface area contributed by atoms with Gasteiger partial charge in [-0.3, -0.25) is 19.7 Å². The smallest absolute Gasteiger partial charge is 0.272 e. The summed E-state index contributed by atoms with van der Waals surface area (Å²) in [5.74, 6) is -0.171. The summed E-state index contributed by atoms with van der Waals surface area (Å²) in [4.78, 5) is 35.3. The highest BCUT2D eigenvalue weighted by molar-refractivity contribution is 6.06. The largest absolute Gasteiger partial charge is 0.495 e. The second kappa shape index (κ2) is 8.87. The van der Waals surface area contributed by atoms with Gasteiger partial charge < -0.3 is 15.4 Å². The van der Waals surface area contributed by atoms with Crippen LogP contribution in [0.2, 0.25) is 0 Å². The van der Waals surface area contributed by atoms with E-state index in [0.29, 0.717) is 33.8 Å². The molecule has 0 aliphatic carbocycles. The maximum atomic E-state index is 12.5. The number of aryl methyl sites for hydroxylation is 1. The molecule has 0 aromatic heterocycles. The molecule has 0 unspecified atom stereocenters. The van der Waals surface area contributed by atoms with E-state index in [4.69, 9.17) is 4.74 Å². The molecule has 0 saturated carbocycles. The molecule has 0 aliphatic rings. The number of para-hydroxylation sites is 2. The average Bonchev–Trinajstić information content (AvgIpc) is 2.74. The van der Waals surface area contributed by atoms with Gasteiger partial charge in [-0.2, -0.15) is 0 Å². The lowest BCUT2D eigenvalue weighted by Crippen LogP contribution is -2.14. The topological polar surface area (TPSA) is 111 Å². The molecule has 30 heavy (non-hydrogen) atoms. The maximum Gasteiger partial charge on any atom is 0.272 e. The van der Waals surface area contributed by atoms with Crippen LogP contribution in [0, 0.1) is 17.0 Å². The fraction of sp³-hybridized carbons (Fsp3) is 0.0909. The number of nitro groups is 1. The van der Waals surface area contributed by atoms with Crippen LogP contribution in [0.5, 0.6) is 5.75 Å². The van der Waals surface area contributed by atoms with Crippen LogP contribution < -0.4 is 15.4 Å². The summed E-state index contributed by atoms with van der Waals surface area (Å²) in [6, 6.07) is 17.6. The highest BCUT2D eigenvalue weighted by Crippen LogP contribution is 2.24. The Hall–Kier alpha value is -4.20. The standard InChI is InChI=1S/C22H19N3O5/c1-14-13-16(9-12-19(14)25(28)29)22(27)23-17-10-7-15(8-11-17)21(26)24-18-5-3-4-6-20(18)30-2/h3-13H,1-2H3,(H,23,27)(H,24,26). The monoisotopic (exact) mass is 405 g/mol. The number of hydrogen-bond acceptors (Lipinski definition) is 5. The molecule has 0 radical (unpaired) electrons. The van der Waals surface area contributed by atoms with E-state index in [2.05, 4.69) is 10.6 Å². The minimum absolute atomic E-state index is 0.0445. The second-order valence-electron chi connectivity index (χ2n) is 6.44. The van der Waals surface area contributed by atoms with E-state index in [1.807, 2.05) is 0 Å². The number of hydrogen-bond donors (Lipinski definition) is 2. The fourth-order valence-electron chi connectivity index (χ4n) is 2.85. The number of ether oxygens (including phenoxy) is 1. The van der Waals surface area contributed by atoms with E-state index in [9.17, 15) is 19.7 Å². The molecule has 2 amide bonds. The van der Waals surface area contributed by atoms with Crippen molar-refractivity contribution in [1.82, 2.24) is 0 Å². The van der Waals surface area contributed by atoms with Crippen molar-refractivity contribution in [2.75, 3.05) is 17.7 Å². The molecule has 2 N–H and O–H groups in total. The van der Waals surface area contributed by atoms with Gasteiger partial charge in [-0.05, 0) is 55.5 Å². The Kier molecular flexibility index (Phi) is 6.07. The molecule has 8 nitrogen and oxygen atoms in total. The number of nitro benzene ring substituents is 1. The molecule has 0 aliphatic heterocycles. The molecular weight excluding hydrogens is 386 g/mol. The zero-order valence-electron chi connectivity index (χ0n) is 16.3. The molecule has 8 heteroatoms.